The Kier molecular flexibility index (Phi) is 5.80. The largest absolute Gasteiger partial charge is 0.381 e. The minimum Gasteiger partial charge on any atom is -0.381 e. The van der Waals surface area contributed by atoms with Crippen molar-refractivity contribution in [2.24, 2.45) is 11.7 Å². The molecule has 26 heavy (non-hydrogen) atoms. The minimum absolute atomic E-state index is 0.0499. The van der Waals surface area contributed by atoms with Gasteiger partial charge >= 0.3 is 0 Å². The van der Waals surface area contributed by atoms with Gasteiger partial charge in [-0.1, -0.05) is 12.1 Å². The van der Waals surface area contributed by atoms with Gasteiger partial charge in [0.2, 0.25) is 5.91 Å². The number of halogens is 1. The lowest BCUT2D eigenvalue weighted by Gasteiger charge is -2.26. The van der Waals surface area contributed by atoms with E-state index >= 15 is 0 Å². The van der Waals surface area contributed by atoms with Crippen LogP contribution in [0.5, 0.6) is 0 Å². The van der Waals surface area contributed by atoms with Crippen molar-refractivity contribution in [3.05, 3.63) is 64.3 Å². The molecule has 1 aliphatic rings. The van der Waals surface area contributed by atoms with Crippen LogP contribution in [0, 0.1) is 11.7 Å². The molecular weight excluding hydrogens is 337 g/mol. The van der Waals surface area contributed by atoms with E-state index in [4.69, 9.17) is 10.5 Å². The Morgan fingerprint density at radius 1 is 1.27 bits per heavy atom. The van der Waals surface area contributed by atoms with Crippen LogP contribution in [0.2, 0.25) is 0 Å². The van der Waals surface area contributed by atoms with Crippen molar-refractivity contribution in [1.29, 1.82) is 0 Å². The maximum atomic E-state index is 13.0. The number of carbonyl (C=O) groups is 1. The second-order valence-corrected chi connectivity index (χ2v) is 6.45. The van der Waals surface area contributed by atoms with E-state index in [0.29, 0.717) is 13.2 Å². The zero-order valence-corrected chi connectivity index (χ0v) is 14.4. The lowest BCUT2D eigenvalue weighted by Crippen LogP contribution is -2.44. The van der Waals surface area contributed by atoms with Crippen molar-refractivity contribution in [2.45, 2.75) is 25.4 Å². The highest BCUT2D eigenvalue weighted by Crippen LogP contribution is 2.18. The maximum Gasteiger partial charge on any atom is 0.274 e. The number of aromatic nitrogens is 1. The summed E-state index contributed by atoms with van der Waals surface area (Å²) >= 11 is 0. The van der Waals surface area contributed by atoms with Gasteiger partial charge in [0, 0.05) is 19.4 Å². The molecule has 1 saturated heterocycles. The first-order chi connectivity index (χ1) is 12.5. The molecular formula is C19H22FN3O3. The highest BCUT2D eigenvalue weighted by Gasteiger charge is 2.27. The van der Waals surface area contributed by atoms with Gasteiger partial charge in [-0.3, -0.25) is 9.59 Å². The molecule has 1 aromatic heterocycles. The molecule has 3 N–H and O–H groups in total. The molecule has 1 amide bonds. The van der Waals surface area contributed by atoms with Crippen LogP contribution < -0.4 is 16.6 Å². The Morgan fingerprint density at radius 2 is 1.96 bits per heavy atom. The highest BCUT2D eigenvalue weighted by molar-refractivity contribution is 5.94. The fourth-order valence-corrected chi connectivity index (χ4v) is 3.05. The molecule has 0 radical (unpaired) electrons. The van der Waals surface area contributed by atoms with Gasteiger partial charge in [-0.25, -0.2) is 4.39 Å². The first-order valence-electron chi connectivity index (χ1n) is 8.62. The Balaban J connectivity index is 1.71. The smallest absolute Gasteiger partial charge is 0.274 e. The molecule has 2 aromatic rings. The van der Waals surface area contributed by atoms with E-state index in [1.54, 1.807) is 30.5 Å². The predicted molar refractivity (Wildman–Crippen MR) is 96.4 cm³/mol. The van der Waals surface area contributed by atoms with Crippen LogP contribution in [0.1, 0.15) is 18.4 Å². The zero-order valence-electron chi connectivity index (χ0n) is 14.4. The third-order valence-corrected chi connectivity index (χ3v) is 4.62. The van der Waals surface area contributed by atoms with Gasteiger partial charge in [0.05, 0.1) is 12.6 Å². The number of benzene rings is 1. The van der Waals surface area contributed by atoms with E-state index in [1.165, 1.54) is 16.7 Å². The fourth-order valence-electron chi connectivity index (χ4n) is 3.05. The van der Waals surface area contributed by atoms with Gasteiger partial charge < -0.3 is 20.4 Å². The third kappa shape index (κ3) is 4.36. The fraction of sp³-hybridized carbons (Fsp3) is 0.368. The number of pyridine rings is 1. The quantitative estimate of drug-likeness (QED) is 0.851. The van der Waals surface area contributed by atoms with Crippen LogP contribution in [0.25, 0.3) is 0 Å². The molecule has 7 heteroatoms. The normalized spacial score (nSPS) is 16.2. The molecule has 1 unspecified atom stereocenters. The number of amides is 1. The number of carbonyl (C=O) groups excluding carboxylic acids is 1. The molecule has 3 rings (SSSR count). The van der Waals surface area contributed by atoms with Gasteiger partial charge in [-0.2, -0.15) is 0 Å². The molecule has 0 aliphatic carbocycles. The standard InChI is InChI=1S/C19H22FN3O3/c20-15-5-3-13(4-6-15)12-23-9-1-2-16(19(23)25)22-18(24)17(21)14-7-10-26-11-8-14/h1-6,9,14,17H,7-8,10-12,21H2,(H,22,24). The van der Waals surface area contributed by atoms with Crippen molar-refractivity contribution in [3.63, 3.8) is 0 Å². The molecule has 0 saturated carbocycles. The maximum absolute atomic E-state index is 13.0. The molecule has 1 aliphatic heterocycles. The van der Waals surface area contributed by atoms with Crippen molar-refractivity contribution in [2.75, 3.05) is 18.5 Å². The van der Waals surface area contributed by atoms with Gasteiger partial charge in [0.1, 0.15) is 11.5 Å². The van der Waals surface area contributed by atoms with E-state index in [0.717, 1.165) is 18.4 Å². The number of nitrogens with one attached hydrogen (secondary N) is 1. The van der Waals surface area contributed by atoms with E-state index in [9.17, 15) is 14.0 Å². The van der Waals surface area contributed by atoms with Crippen molar-refractivity contribution in [1.82, 2.24) is 4.57 Å². The van der Waals surface area contributed by atoms with Gasteiger partial charge in [0.25, 0.3) is 5.56 Å². The molecule has 138 valence electrons. The number of nitrogens with zero attached hydrogens (tertiary/aromatic N) is 1. The van der Waals surface area contributed by atoms with E-state index in [2.05, 4.69) is 5.32 Å². The van der Waals surface area contributed by atoms with Gasteiger partial charge in [0.15, 0.2) is 0 Å². The Morgan fingerprint density at radius 3 is 2.65 bits per heavy atom. The monoisotopic (exact) mass is 359 g/mol. The molecule has 2 heterocycles. The van der Waals surface area contributed by atoms with Crippen LogP contribution in [0.15, 0.2) is 47.4 Å². The number of nitrogens with two attached hydrogens (primary N) is 1. The van der Waals surface area contributed by atoms with Crippen LogP contribution in [0.3, 0.4) is 0 Å². The average Bonchev–Trinajstić information content (AvgIpc) is 2.66. The summed E-state index contributed by atoms with van der Waals surface area (Å²) in [5, 5.41) is 2.64. The first kappa shape index (κ1) is 18.3. The summed E-state index contributed by atoms with van der Waals surface area (Å²) in [5.74, 6) is -0.647. The summed E-state index contributed by atoms with van der Waals surface area (Å²) in [4.78, 5) is 25.0. The van der Waals surface area contributed by atoms with Crippen LogP contribution in [-0.2, 0) is 16.1 Å². The SMILES string of the molecule is NC(C(=O)Nc1cccn(Cc2ccc(F)cc2)c1=O)C1CCOCC1. The summed E-state index contributed by atoms with van der Waals surface area (Å²) in [6.07, 6.45) is 3.09. The van der Waals surface area contributed by atoms with Crippen molar-refractivity contribution < 1.29 is 13.9 Å². The second kappa shape index (κ2) is 8.25. The van der Waals surface area contributed by atoms with Gasteiger partial charge in [-0.05, 0) is 48.6 Å². The minimum atomic E-state index is -0.677. The van der Waals surface area contributed by atoms with E-state index < -0.39 is 6.04 Å². The van der Waals surface area contributed by atoms with Gasteiger partial charge in [-0.15, -0.1) is 0 Å². The third-order valence-electron chi connectivity index (χ3n) is 4.62. The summed E-state index contributed by atoms with van der Waals surface area (Å²) in [5.41, 5.74) is 6.69. The van der Waals surface area contributed by atoms with E-state index in [1.807, 2.05) is 0 Å². The summed E-state index contributed by atoms with van der Waals surface area (Å²) < 4.78 is 19.7. The van der Waals surface area contributed by atoms with Crippen molar-refractivity contribution >= 4 is 11.6 Å². The molecule has 6 nitrogen and oxygen atoms in total. The molecule has 0 spiro atoms. The number of anilines is 1. The number of hydrogen-bond donors (Lipinski definition) is 2. The molecule has 1 fully saturated rings. The second-order valence-electron chi connectivity index (χ2n) is 6.45. The molecule has 1 atom stereocenters. The van der Waals surface area contributed by atoms with E-state index in [-0.39, 0.29) is 35.4 Å². The summed E-state index contributed by atoms with van der Waals surface area (Å²) in [6.45, 7) is 1.48. The number of rotatable bonds is 5. The Labute approximate surface area is 150 Å². The lowest BCUT2D eigenvalue weighted by atomic mass is 9.92. The Bertz CT molecular complexity index is 814. The highest BCUT2D eigenvalue weighted by atomic mass is 19.1. The average molecular weight is 359 g/mol. The topological polar surface area (TPSA) is 86.4 Å². The predicted octanol–water partition coefficient (Wildman–Crippen LogP) is 1.73. The first-order valence-corrected chi connectivity index (χ1v) is 8.62. The summed E-state index contributed by atoms with van der Waals surface area (Å²) in [7, 11) is 0. The lowest BCUT2D eigenvalue weighted by molar-refractivity contribution is -0.119. The number of ether oxygens (including phenoxy) is 1. The zero-order chi connectivity index (χ0) is 18.5. The van der Waals surface area contributed by atoms with Crippen LogP contribution in [0.4, 0.5) is 10.1 Å². The number of hydrogen-bond acceptors (Lipinski definition) is 4. The van der Waals surface area contributed by atoms with Crippen molar-refractivity contribution in [3.8, 4) is 0 Å². The molecule has 0 bridgehead atoms. The van der Waals surface area contributed by atoms with Crippen LogP contribution >= 0.6 is 0 Å². The Hall–Kier alpha value is -2.51. The van der Waals surface area contributed by atoms with Crippen LogP contribution in [-0.4, -0.2) is 29.7 Å². The summed E-state index contributed by atoms with van der Waals surface area (Å²) in [6, 6.07) is 8.49. The molecule has 1 aromatic carbocycles.